The number of halogens is 2. The Bertz CT molecular complexity index is 235. The zero-order chi connectivity index (χ0) is 16.3. The van der Waals surface area contributed by atoms with Gasteiger partial charge in [0.15, 0.2) is 0 Å². The van der Waals surface area contributed by atoms with Crippen molar-refractivity contribution in [2.24, 2.45) is 11.8 Å². The topological polar surface area (TPSA) is 12.0 Å². The number of rotatable bonds is 6. The molecule has 0 aliphatic heterocycles. The van der Waals surface area contributed by atoms with E-state index in [9.17, 15) is 8.78 Å². The molecule has 4 heteroatoms. The first-order valence-corrected chi connectivity index (χ1v) is 8.89. The average molecular weight is 545 g/mol. The van der Waals surface area contributed by atoms with Crippen LogP contribution in [-0.2, 0) is 0 Å². The zero-order valence-corrected chi connectivity index (χ0v) is 19.2. The standard InChI is InChI=1S/C8H18.C7H10F2N.C3H8.U.H2/c1-3-5-7-8-6-4-2;1-10-4-2-5-6(3-4)7(5,8)9;1-3-2;;/h3-8H2,1-2H3;4-6,10H,1-3H2;3H2,1-2H3;;1H/q;-1;;;. The molecule has 2 unspecified atom stereocenters. The number of alkyl halides is 2. The molecule has 2 aliphatic carbocycles. The Morgan fingerprint density at radius 1 is 0.955 bits per heavy atom. The molecule has 2 aliphatic rings. The van der Waals surface area contributed by atoms with Crippen molar-refractivity contribution in [2.75, 3.05) is 0 Å². The molecule has 0 saturated heterocycles. The molecule has 134 valence electrons. The van der Waals surface area contributed by atoms with Crippen LogP contribution in [0.5, 0.6) is 0 Å². The van der Waals surface area contributed by atoms with Gasteiger partial charge in [-0.2, -0.15) is 0 Å². The van der Waals surface area contributed by atoms with Gasteiger partial charge >= 0.3 is 0 Å². The van der Waals surface area contributed by atoms with Crippen LogP contribution in [0.4, 0.5) is 8.78 Å². The fourth-order valence-corrected chi connectivity index (χ4v) is 2.83. The molecule has 2 rings (SSSR count). The maximum Gasteiger partial charge on any atom is 0.254 e. The van der Waals surface area contributed by atoms with Crippen molar-refractivity contribution in [3.8, 4) is 0 Å². The summed E-state index contributed by atoms with van der Waals surface area (Å²) in [4.78, 5) is 0. The average Bonchev–Trinajstić information content (AvgIpc) is 2.84. The van der Waals surface area contributed by atoms with E-state index in [0.717, 1.165) is 0 Å². The van der Waals surface area contributed by atoms with Gasteiger partial charge in [0.05, 0.1) is 0 Å². The van der Waals surface area contributed by atoms with E-state index in [-0.39, 0.29) is 50.4 Å². The van der Waals surface area contributed by atoms with Gasteiger partial charge in [-0.3, -0.25) is 7.05 Å². The van der Waals surface area contributed by atoms with Gasteiger partial charge in [-0.25, -0.2) is 8.78 Å². The van der Waals surface area contributed by atoms with Crippen molar-refractivity contribution in [3.63, 3.8) is 0 Å². The third-order valence-electron chi connectivity index (χ3n) is 4.19. The predicted octanol–water partition coefficient (Wildman–Crippen LogP) is 6.44. The first kappa shape index (κ1) is 25.1. The molecule has 2 atom stereocenters. The second-order valence-corrected chi connectivity index (χ2v) is 6.38. The smallest absolute Gasteiger partial charge is 0.254 e. The molecular weight excluding hydrogens is 506 g/mol. The fraction of sp³-hybridized carbons (Fsp3) is 0.944. The van der Waals surface area contributed by atoms with Crippen LogP contribution in [0.15, 0.2) is 0 Å². The maximum atomic E-state index is 12.5. The molecule has 0 radical (unpaired) electrons. The number of fused-ring (bicyclic) bond motifs is 1. The molecule has 0 aromatic carbocycles. The molecular formula is C18H38F2NU-. The monoisotopic (exact) mass is 544 g/mol. The van der Waals surface area contributed by atoms with Crippen molar-refractivity contribution >= 4 is 0 Å². The van der Waals surface area contributed by atoms with Crippen LogP contribution < -0.4 is 5.32 Å². The van der Waals surface area contributed by atoms with Crippen molar-refractivity contribution in [2.45, 2.75) is 97.4 Å². The van der Waals surface area contributed by atoms with Gasteiger partial charge in [-0.1, -0.05) is 72.6 Å². The molecule has 0 aromatic heterocycles. The third-order valence-corrected chi connectivity index (χ3v) is 4.19. The Labute approximate surface area is 162 Å². The van der Waals surface area contributed by atoms with E-state index in [0.29, 0.717) is 12.8 Å². The summed E-state index contributed by atoms with van der Waals surface area (Å²) in [6, 6.07) is 0.245. The molecule has 0 spiro atoms. The summed E-state index contributed by atoms with van der Waals surface area (Å²) in [7, 11) is 3.48. The van der Waals surface area contributed by atoms with Gasteiger partial charge < -0.3 is 5.32 Å². The molecule has 0 heterocycles. The summed E-state index contributed by atoms with van der Waals surface area (Å²) in [5, 5.41) is 2.78. The molecule has 2 saturated carbocycles. The van der Waals surface area contributed by atoms with Gasteiger partial charge in [0.2, 0.25) is 0 Å². The molecule has 1 nitrogen and oxygen atoms in total. The van der Waals surface area contributed by atoms with Gasteiger partial charge in [0.25, 0.3) is 5.92 Å². The third kappa shape index (κ3) is 9.24. The minimum atomic E-state index is -2.33. The minimum Gasteiger partial charge on any atom is -0.470 e. The van der Waals surface area contributed by atoms with Crippen LogP contribution >= 0.6 is 0 Å². The normalized spacial score (nSPS) is 26.6. The van der Waals surface area contributed by atoms with E-state index < -0.39 is 5.92 Å². The van der Waals surface area contributed by atoms with Crippen LogP contribution in [0.1, 0.15) is 86.9 Å². The van der Waals surface area contributed by atoms with Crippen LogP contribution in [0.25, 0.3) is 0 Å². The second kappa shape index (κ2) is 14.2. The zero-order valence-electron chi connectivity index (χ0n) is 15.1. The summed E-state index contributed by atoms with van der Waals surface area (Å²) in [6.45, 7) is 8.76. The minimum absolute atomic E-state index is 0. The van der Waals surface area contributed by atoms with Crippen LogP contribution in [0.3, 0.4) is 0 Å². The van der Waals surface area contributed by atoms with E-state index in [4.69, 9.17) is 0 Å². The molecule has 2 fully saturated rings. The first-order valence-electron chi connectivity index (χ1n) is 8.89. The second-order valence-electron chi connectivity index (χ2n) is 6.38. The van der Waals surface area contributed by atoms with Crippen LogP contribution in [-0.4, -0.2) is 12.0 Å². The summed E-state index contributed by atoms with van der Waals surface area (Å²) in [6.07, 6.45) is 11.0. The number of unbranched alkanes of at least 4 members (excludes halogenated alkanes) is 5. The van der Waals surface area contributed by atoms with E-state index in [1.165, 1.54) is 44.9 Å². The van der Waals surface area contributed by atoms with Crippen LogP contribution in [0.2, 0.25) is 0 Å². The van der Waals surface area contributed by atoms with E-state index in [1.54, 1.807) is 0 Å². The van der Waals surface area contributed by atoms with Gasteiger partial charge in [0.1, 0.15) is 0 Å². The predicted molar refractivity (Wildman–Crippen MR) is 90.6 cm³/mol. The molecule has 1 N–H and O–H groups in total. The Morgan fingerprint density at radius 2 is 1.32 bits per heavy atom. The molecule has 22 heavy (non-hydrogen) atoms. The fourth-order valence-electron chi connectivity index (χ4n) is 2.83. The van der Waals surface area contributed by atoms with E-state index >= 15 is 0 Å². The Hall–Kier alpha value is 0.872. The van der Waals surface area contributed by atoms with Crippen molar-refractivity contribution < 1.29 is 41.3 Å². The Balaban J connectivity index is -0.000000283. The quantitative estimate of drug-likeness (QED) is 0.300. The van der Waals surface area contributed by atoms with Gasteiger partial charge in [0, 0.05) is 44.4 Å². The number of nitrogens with one attached hydrogen (secondary N) is 1. The van der Waals surface area contributed by atoms with E-state index in [2.05, 4.69) is 40.1 Å². The van der Waals surface area contributed by atoms with E-state index in [1.807, 2.05) is 0 Å². The maximum absolute atomic E-state index is 12.5. The first-order chi connectivity index (χ1) is 9.99. The Kier molecular flexibility index (Phi) is 16.3. The van der Waals surface area contributed by atoms with Crippen LogP contribution in [0, 0.1) is 50.0 Å². The molecule has 0 bridgehead atoms. The SMILES string of the molecule is CCC.CCCCCCCC.[CH2-]NC1CC2C(C1)C2(F)F.[HH].[U]. The summed E-state index contributed by atoms with van der Waals surface area (Å²) >= 11 is 0. The summed E-state index contributed by atoms with van der Waals surface area (Å²) in [5.41, 5.74) is 0. The largest absolute Gasteiger partial charge is 0.470 e. The molecule has 0 aromatic rings. The number of hydrogen-bond acceptors (Lipinski definition) is 1. The van der Waals surface area contributed by atoms with Crippen molar-refractivity contribution in [3.05, 3.63) is 7.05 Å². The van der Waals surface area contributed by atoms with Crippen molar-refractivity contribution in [1.82, 2.24) is 5.32 Å². The van der Waals surface area contributed by atoms with Crippen molar-refractivity contribution in [1.29, 1.82) is 0 Å². The molecule has 0 amide bonds. The summed E-state index contributed by atoms with van der Waals surface area (Å²) in [5.74, 6) is -2.98. The number of hydrogen-bond donors (Lipinski definition) is 1. The van der Waals surface area contributed by atoms with Gasteiger partial charge in [-0.15, -0.1) is 0 Å². The Morgan fingerprint density at radius 3 is 1.59 bits per heavy atom. The van der Waals surface area contributed by atoms with Gasteiger partial charge in [-0.05, 0) is 18.9 Å². The summed E-state index contributed by atoms with van der Waals surface area (Å²) < 4.78 is 25.0.